The Kier molecular flexibility index (Phi) is 2.81. The van der Waals surface area contributed by atoms with Crippen LogP contribution in [0.25, 0.3) is 0 Å². The number of hydrogen-bond acceptors (Lipinski definition) is 6. The summed E-state index contributed by atoms with van der Waals surface area (Å²) in [6.45, 7) is 1.54. The van der Waals surface area contributed by atoms with E-state index < -0.39 is 24.4 Å². The van der Waals surface area contributed by atoms with Gasteiger partial charge in [-0.15, -0.1) is 0 Å². The first-order valence-corrected chi connectivity index (χ1v) is 5.35. The standard InChI is InChI=1S/C8H13NO4S/c1-3-9-5-7(12)6(11)4(2-10)13-8(5)14-3/h4-8,10-12H,2H2,1H3/t4-,5?,6+,7-,8?/m1/s1. The van der Waals surface area contributed by atoms with Crippen LogP contribution in [0.15, 0.2) is 4.99 Å². The van der Waals surface area contributed by atoms with E-state index in [1.165, 1.54) is 11.8 Å². The number of aliphatic hydroxyl groups is 3. The number of ether oxygens (including phenoxy) is 1. The third-order valence-electron chi connectivity index (χ3n) is 2.47. The molecule has 0 aromatic carbocycles. The number of aliphatic hydroxyl groups excluding tert-OH is 3. The fraction of sp³-hybridized carbons (Fsp3) is 0.875. The summed E-state index contributed by atoms with van der Waals surface area (Å²) in [5, 5.41) is 29.0. The van der Waals surface area contributed by atoms with Crippen LogP contribution in [0.5, 0.6) is 0 Å². The minimum atomic E-state index is -1.06. The number of fused-ring (bicyclic) bond motifs is 1. The third kappa shape index (κ3) is 1.57. The van der Waals surface area contributed by atoms with Gasteiger partial charge in [0, 0.05) is 0 Å². The summed E-state index contributed by atoms with van der Waals surface area (Å²) in [4.78, 5) is 4.17. The van der Waals surface area contributed by atoms with E-state index in [0.29, 0.717) is 0 Å². The highest BCUT2D eigenvalue weighted by Crippen LogP contribution is 2.36. The molecular formula is C8H13NO4S. The molecule has 5 nitrogen and oxygen atoms in total. The van der Waals surface area contributed by atoms with Crippen LogP contribution >= 0.6 is 11.8 Å². The van der Waals surface area contributed by atoms with Crippen LogP contribution < -0.4 is 0 Å². The van der Waals surface area contributed by atoms with Crippen molar-refractivity contribution < 1.29 is 20.1 Å². The summed E-state index contributed by atoms with van der Waals surface area (Å²) < 4.78 is 5.40. The van der Waals surface area contributed by atoms with Gasteiger partial charge in [-0.2, -0.15) is 0 Å². The normalized spacial score (nSPS) is 47.4. The number of thioether (sulfide) groups is 1. The van der Waals surface area contributed by atoms with Crippen molar-refractivity contribution in [3.8, 4) is 0 Å². The van der Waals surface area contributed by atoms with E-state index in [-0.39, 0.29) is 12.0 Å². The van der Waals surface area contributed by atoms with E-state index in [4.69, 9.17) is 9.84 Å². The van der Waals surface area contributed by atoms with E-state index >= 15 is 0 Å². The zero-order valence-electron chi connectivity index (χ0n) is 7.70. The van der Waals surface area contributed by atoms with E-state index in [9.17, 15) is 10.2 Å². The summed E-state index contributed by atoms with van der Waals surface area (Å²) >= 11 is 1.42. The minimum Gasteiger partial charge on any atom is -0.394 e. The molecule has 0 aliphatic carbocycles. The Hall–Kier alpha value is -0.140. The lowest BCUT2D eigenvalue weighted by molar-refractivity contribution is -0.164. The molecule has 0 saturated carbocycles. The Balaban J connectivity index is 2.14. The van der Waals surface area contributed by atoms with E-state index in [2.05, 4.69) is 4.99 Å². The second-order valence-corrected chi connectivity index (χ2v) is 4.75. The Bertz CT molecular complexity index is 260. The fourth-order valence-electron chi connectivity index (χ4n) is 1.71. The van der Waals surface area contributed by atoms with Crippen molar-refractivity contribution in [3.63, 3.8) is 0 Å². The molecule has 0 radical (unpaired) electrons. The van der Waals surface area contributed by atoms with Gasteiger partial charge < -0.3 is 20.1 Å². The molecule has 3 N–H and O–H groups in total. The summed E-state index contributed by atoms with van der Waals surface area (Å²) in [5.74, 6) is 0. The van der Waals surface area contributed by atoms with Crippen molar-refractivity contribution in [1.29, 1.82) is 0 Å². The molecule has 1 fully saturated rings. The van der Waals surface area contributed by atoms with Crippen LogP contribution in [0.1, 0.15) is 6.92 Å². The second-order valence-electron chi connectivity index (χ2n) is 3.46. The summed E-state index contributed by atoms with van der Waals surface area (Å²) in [6.07, 6.45) is -2.72. The number of aliphatic imine (C=N–C) groups is 1. The highest BCUT2D eigenvalue weighted by molar-refractivity contribution is 8.14. The molecule has 2 aliphatic rings. The molecule has 14 heavy (non-hydrogen) atoms. The van der Waals surface area contributed by atoms with Crippen LogP contribution in [-0.2, 0) is 4.74 Å². The van der Waals surface area contributed by atoms with E-state index in [1.54, 1.807) is 0 Å². The Morgan fingerprint density at radius 1 is 1.43 bits per heavy atom. The Morgan fingerprint density at radius 3 is 2.79 bits per heavy atom. The van der Waals surface area contributed by atoms with Crippen molar-refractivity contribution in [2.45, 2.75) is 36.7 Å². The molecule has 2 aliphatic heterocycles. The first-order valence-electron chi connectivity index (χ1n) is 4.47. The van der Waals surface area contributed by atoms with Gasteiger partial charge in [-0.25, -0.2) is 0 Å². The van der Waals surface area contributed by atoms with Gasteiger partial charge >= 0.3 is 0 Å². The van der Waals surface area contributed by atoms with E-state index in [0.717, 1.165) is 5.04 Å². The lowest BCUT2D eigenvalue weighted by atomic mass is 9.99. The Labute approximate surface area is 85.8 Å². The maximum absolute atomic E-state index is 9.71. The van der Waals surface area contributed by atoms with Crippen LogP contribution in [0.4, 0.5) is 0 Å². The molecule has 2 unspecified atom stereocenters. The van der Waals surface area contributed by atoms with Gasteiger partial charge in [0.1, 0.15) is 29.8 Å². The maximum Gasteiger partial charge on any atom is 0.134 e. The first kappa shape index (κ1) is 10.4. The van der Waals surface area contributed by atoms with Crippen LogP contribution in [0, 0.1) is 0 Å². The molecule has 0 aromatic rings. The molecule has 2 heterocycles. The van der Waals surface area contributed by atoms with Gasteiger partial charge in [0.2, 0.25) is 0 Å². The van der Waals surface area contributed by atoms with Crippen molar-refractivity contribution in [2.24, 2.45) is 4.99 Å². The van der Waals surface area contributed by atoms with Gasteiger partial charge in [0.15, 0.2) is 0 Å². The average Bonchev–Trinajstić information content (AvgIpc) is 2.52. The Morgan fingerprint density at radius 2 is 2.14 bits per heavy atom. The van der Waals surface area contributed by atoms with Crippen LogP contribution in [-0.4, -0.2) is 56.8 Å². The van der Waals surface area contributed by atoms with Crippen molar-refractivity contribution in [1.82, 2.24) is 0 Å². The lowest BCUT2D eigenvalue weighted by Crippen LogP contribution is -2.55. The zero-order valence-corrected chi connectivity index (χ0v) is 8.52. The molecule has 0 spiro atoms. The molecular weight excluding hydrogens is 206 g/mol. The number of rotatable bonds is 1. The SMILES string of the molecule is CC1=NC2C(O[C@H](CO)[C@H](O)[C@@H]2O)S1. The van der Waals surface area contributed by atoms with Crippen LogP contribution in [0.2, 0.25) is 0 Å². The molecule has 0 amide bonds. The first-order chi connectivity index (χ1) is 6.63. The molecule has 0 aromatic heterocycles. The third-order valence-corrected chi connectivity index (χ3v) is 3.53. The second kappa shape index (κ2) is 3.79. The van der Waals surface area contributed by atoms with Crippen molar-refractivity contribution in [3.05, 3.63) is 0 Å². The predicted molar refractivity (Wildman–Crippen MR) is 52.2 cm³/mol. The maximum atomic E-state index is 9.71. The van der Waals surface area contributed by atoms with Gasteiger partial charge in [0.25, 0.3) is 0 Å². The molecule has 6 heteroatoms. The van der Waals surface area contributed by atoms with Crippen molar-refractivity contribution in [2.75, 3.05) is 6.61 Å². The number of hydrogen-bond donors (Lipinski definition) is 3. The minimum absolute atomic E-state index is 0.273. The zero-order chi connectivity index (χ0) is 10.3. The highest BCUT2D eigenvalue weighted by atomic mass is 32.2. The predicted octanol–water partition coefficient (Wildman–Crippen LogP) is -1.04. The summed E-state index contributed by atoms with van der Waals surface area (Å²) in [6, 6.07) is -0.405. The quantitative estimate of drug-likeness (QED) is 0.525. The topological polar surface area (TPSA) is 82.3 Å². The highest BCUT2D eigenvalue weighted by Gasteiger charge is 2.47. The van der Waals surface area contributed by atoms with Crippen molar-refractivity contribution >= 4 is 16.8 Å². The van der Waals surface area contributed by atoms with Gasteiger partial charge in [-0.3, -0.25) is 4.99 Å². The largest absolute Gasteiger partial charge is 0.394 e. The monoisotopic (exact) mass is 219 g/mol. The molecule has 2 rings (SSSR count). The number of nitrogens with zero attached hydrogens (tertiary/aromatic N) is 1. The van der Waals surface area contributed by atoms with Gasteiger partial charge in [0.05, 0.1) is 11.7 Å². The average molecular weight is 219 g/mol. The fourth-order valence-corrected chi connectivity index (χ4v) is 2.79. The summed E-state index contributed by atoms with van der Waals surface area (Å²) in [5.41, 5.74) is -0.273. The molecule has 0 bridgehead atoms. The van der Waals surface area contributed by atoms with Crippen LogP contribution in [0.3, 0.4) is 0 Å². The van der Waals surface area contributed by atoms with E-state index in [1.807, 2.05) is 6.92 Å². The molecule has 1 saturated heterocycles. The molecule has 5 atom stereocenters. The molecule has 80 valence electrons. The van der Waals surface area contributed by atoms with Gasteiger partial charge in [-0.1, -0.05) is 11.8 Å². The smallest absolute Gasteiger partial charge is 0.134 e. The lowest BCUT2D eigenvalue weighted by Gasteiger charge is -2.37. The van der Waals surface area contributed by atoms with Gasteiger partial charge in [-0.05, 0) is 6.92 Å². The summed E-state index contributed by atoms with van der Waals surface area (Å²) in [7, 11) is 0.